The summed E-state index contributed by atoms with van der Waals surface area (Å²) in [6, 6.07) is 9.75. The molecule has 0 saturated carbocycles. The Labute approximate surface area is 181 Å². The van der Waals surface area contributed by atoms with Crippen LogP contribution in [0.3, 0.4) is 0 Å². The second-order valence-electron chi connectivity index (χ2n) is 7.14. The molecule has 0 radical (unpaired) electrons. The number of anilines is 1. The van der Waals surface area contributed by atoms with E-state index >= 15 is 0 Å². The van der Waals surface area contributed by atoms with Crippen molar-refractivity contribution in [3.8, 4) is 11.5 Å². The number of benzene rings is 2. The molecule has 1 aliphatic heterocycles. The highest BCUT2D eigenvalue weighted by atomic mass is 32.2. The van der Waals surface area contributed by atoms with Crippen molar-refractivity contribution in [1.82, 2.24) is 4.31 Å². The minimum absolute atomic E-state index is 0.0341. The number of halogens is 1. The Hall–Kier alpha value is -2.69. The van der Waals surface area contributed by atoms with Gasteiger partial charge in [0.1, 0.15) is 17.3 Å². The lowest BCUT2D eigenvalue weighted by Crippen LogP contribution is -2.40. The zero-order valence-corrected chi connectivity index (χ0v) is 18.2. The third-order valence-corrected chi connectivity index (χ3v) is 6.26. The van der Waals surface area contributed by atoms with Gasteiger partial charge in [0, 0.05) is 19.2 Å². The second kappa shape index (κ2) is 10.1. The van der Waals surface area contributed by atoms with E-state index in [2.05, 4.69) is 5.32 Å². The fraction of sp³-hybridized carbons (Fsp3) is 0.381. The highest BCUT2D eigenvalue weighted by Crippen LogP contribution is 2.30. The summed E-state index contributed by atoms with van der Waals surface area (Å²) in [4.78, 5) is 12.4. The summed E-state index contributed by atoms with van der Waals surface area (Å²) in [5, 5.41) is 2.63. The van der Waals surface area contributed by atoms with Gasteiger partial charge in [0.15, 0.2) is 6.61 Å². The standard InChI is InChI=1S/C21H25FN2O6S/c1-15(2)30-20-7-6-18(31(26,27)24-8-10-28-11-9-24)13-19(20)23-21(25)14-29-17-5-3-4-16(22)12-17/h3-7,12-13,15H,8-11,14H2,1-2H3,(H,23,25). The minimum atomic E-state index is -3.75. The third-order valence-electron chi connectivity index (χ3n) is 4.36. The summed E-state index contributed by atoms with van der Waals surface area (Å²) in [5.74, 6) is -0.488. The van der Waals surface area contributed by atoms with Gasteiger partial charge in [0.25, 0.3) is 5.91 Å². The number of rotatable bonds is 8. The number of sulfonamides is 1. The van der Waals surface area contributed by atoms with Gasteiger partial charge in [0.2, 0.25) is 10.0 Å². The van der Waals surface area contributed by atoms with Crippen LogP contribution in [0.15, 0.2) is 47.4 Å². The van der Waals surface area contributed by atoms with Crippen molar-refractivity contribution in [3.05, 3.63) is 48.3 Å². The van der Waals surface area contributed by atoms with Crippen LogP contribution >= 0.6 is 0 Å². The van der Waals surface area contributed by atoms with E-state index in [-0.39, 0.29) is 42.1 Å². The smallest absolute Gasteiger partial charge is 0.262 e. The maximum absolute atomic E-state index is 13.3. The average Bonchev–Trinajstić information content (AvgIpc) is 2.74. The topological polar surface area (TPSA) is 94.2 Å². The molecule has 8 nitrogen and oxygen atoms in total. The Morgan fingerprint density at radius 3 is 2.61 bits per heavy atom. The molecule has 3 rings (SSSR count). The van der Waals surface area contributed by atoms with Crippen LogP contribution in [0.4, 0.5) is 10.1 Å². The maximum atomic E-state index is 13.3. The summed E-state index contributed by atoms with van der Waals surface area (Å²) >= 11 is 0. The average molecular weight is 453 g/mol. The normalized spacial score (nSPS) is 15.0. The first-order valence-corrected chi connectivity index (χ1v) is 11.3. The third kappa shape index (κ3) is 6.16. The van der Waals surface area contributed by atoms with Gasteiger partial charge in [-0.1, -0.05) is 6.07 Å². The summed E-state index contributed by atoms with van der Waals surface area (Å²) < 4.78 is 56.7. The molecule has 168 valence electrons. The van der Waals surface area contributed by atoms with Gasteiger partial charge < -0.3 is 19.5 Å². The molecule has 31 heavy (non-hydrogen) atoms. The maximum Gasteiger partial charge on any atom is 0.262 e. The van der Waals surface area contributed by atoms with Crippen LogP contribution in [0.25, 0.3) is 0 Å². The number of hydrogen-bond donors (Lipinski definition) is 1. The molecule has 0 aromatic heterocycles. The molecule has 0 spiro atoms. The van der Waals surface area contributed by atoms with Crippen LogP contribution in [0.1, 0.15) is 13.8 Å². The van der Waals surface area contributed by atoms with Gasteiger partial charge in [-0.3, -0.25) is 4.79 Å². The van der Waals surface area contributed by atoms with Crippen LogP contribution in [-0.4, -0.2) is 57.6 Å². The van der Waals surface area contributed by atoms with E-state index in [9.17, 15) is 17.6 Å². The molecule has 10 heteroatoms. The van der Waals surface area contributed by atoms with Crippen LogP contribution < -0.4 is 14.8 Å². The lowest BCUT2D eigenvalue weighted by molar-refractivity contribution is -0.118. The van der Waals surface area contributed by atoms with E-state index in [1.165, 1.54) is 40.7 Å². The molecule has 1 N–H and O–H groups in total. The summed E-state index contributed by atoms with van der Waals surface area (Å²) in [5.41, 5.74) is 0.205. The Morgan fingerprint density at radius 2 is 1.94 bits per heavy atom. The van der Waals surface area contributed by atoms with Gasteiger partial charge in [-0.2, -0.15) is 4.31 Å². The van der Waals surface area contributed by atoms with Crippen molar-refractivity contribution in [2.45, 2.75) is 24.8 Å². The molecule has 1 fully saturated rings. The van der Waals surface area contributed by atoms with Crippen LogP contribution in [0.2, 0.25) is 0 Å². The van der Waals surface area contributed by atoms with E-state index in [1.807, 2.05) is 13.8 Å². The highest BCUT2D eigenvalue weighted by molar-refractivity contribution is 7.89. The van der Waals surface area contributed by atoms with Gasteiger partial charge in [-0.15, -0.1) is 0 Å². The molecule has 0 aliphatic carbocycles. The Morgan fingerprint density at radius 1 is 1.19 bits per heavy atom. The number of nitrogens with zero attached hydrogens (tertiary/aromatic N) is 1. The molecular formula is C21H25FN2O6S. The first-order valence-electron chi connectivity index (χ1n) is 9.82. The van der Waals surface area contributed by atoms with E-state index in [4.69, 9.17) is 14.2 Å². The van der Waals surface area contributed by atoms with Gasteiger partial charge >= 0.3 is 0 Å². The lowest BCUT2D eigenvalue weighted by Gasteiger charge is -2.26. The van der Waals surface area contributed by atoms with Crippen LogP contribution in [-0.2, 0) is 19.6 Å². The number of hydrogen-bond acceptors (Lipinski definition) is 6. The first kappa shape index (κ1) is 23.0. The molecule has 0 atom stereocenters. The van der Waals surface area contributed by atoms with Gasteiger partial charge in [-0.05, 0) is 44.2 Å². The SMILES string of the molecule is CC(C)Oc1ccc(S(=O)(=O)N2CCOCC2)cc1NC(=O)COc1cccc(F)c1. The van der Waals surface area contributed by atoms with Crippen molar-refractivity contribution in [1.29, 1.82) is 0 Å². The van der Waals surface area contributed by atoms with Gasteiger partial charge in [0.05, 0.1) is 29.9 Å². The zero-order chi connectivity index (χ0) is 22.4. The Kier molecular flexibility index (Phi) is 7.47. The van der Waals surface area contributed by atoms with Crippen LogP contribution in [0, 0.1) is 5.82 Å². The van der Waals surface area contributed by atoms with E-state index in [1.54, 1.807) is 0 Å². The Bertz CT molecular complexity index is 1020. The molecule has 2 aromatic rings. The summed E-state index contributed by atoms with van der Waals surface area (Å²) in [6.45, 7) is 4.42. The van der Waals surface area contributed by atoms with E-state index in [0.29, 0.717) is 19.0 Å². The number of amides is 1. The van der Waals surface area contributed by atoms with Crippen molar-refractivity contribution in [2.75, 3.05) is 38.2 Å². The fourth-order valence-corrected chi connectivity index (χ4v) is 4.39. The molecule has 0 bridgehead atoms. The van der Waals surface area contributed by atoms with Crippen molar-refractivity contribution >= 4 is 21.6 Å². The predicted octanol–water partition coefficient (Wildman–Crippen LogP) is 2.65. The number of carbonyl (C=O) groups excluding carboxylic acids is 1. The molecule has 1 saturated heterocycles. The molecule has 1 amide bonds. The first-order chi connectivity index (χ1) is 14.8. The van der Waals surface area contributed by atoms with E-state index < -0.39 is 21.7 Å². The number of nitrogens with one attached hydrogen (secondary N) is 1. The van der Waals surface area contributed by atoms with Crippen LogP contribution in [0.5, 0.6) is 11.5 Å². The number of ether oxygens (including phenoxy) is 3. The molecule has 0 unspecified atom stereocenters. The quantitative estimate of drug-likeness (QED) is 0.662. The van der Waals surface area contributed by atoms with Crippen molar-refractivity contribution < 1.29 is 31.8 Å². The minimum Gasteiger partial charge on any atom is -0.489 e. The van der Waals surface area contributed by atoms with Crippen molar-refractivity contribution in [3.63, 3.8) is 0 Å². The summed E-state index contributed by atoms with van der Waals surface area (Å²) in [6.07, 6.45) is -0.194. The van der Waals surface area contributed by atoms with Crippen molar-refractivity contribution in [2.24, 2.45) is 0 Å². The summed E-state index contributed by atoms with van der Waals surface area (Å²) in [7, 11) is -3.75. The largest absolute Gasteiger partial charge is 0.489 e. The lowest BCUT2D eigenvalue weighted by atomic mass is 10.3. The Balaban J connectivity index is 1.79. The zero-order valence-electron chi connectivity index (χ0n) is 17.3. The molecule has 1 heterocycles. The highest BCUT2D eigenvalue weighted by Gasteiger charge is 2.27. The van der Waals surface area contributed by atoms with E-state index in [0.717, 1.165) is 6.07 Å². The van der Waals surface area contributed by atoms with Gasteiger partial charge in [-0.25, -0.2) is 12.8 Å². The molecule has 1 aliphatic rings. The monoisotopic (exact) mass is 452 g/mol. The number of carbonyl (C=O) groups is 1. The predicted molar refractivity (Wildman–Crippen MR) is 112 cm³/mol. The second-order valence-corrected chi connectivity index (χ2v) is 9.07. The number of morpholine rings is 1. The molecule has 2 aromatic carbocycles. The fourth-order valence-electron chi connectivity index (χ4n) is 2.95. The molecular weight excluding hydrogens is 427 g/mol.